The van der Waals surface area contributed by atoms with E-state index in [1.54, 1.807) is 4.68 Å². The standard InChI is InChI=1S/C20H25FN4O.ClH/c1-13-7-15(14-3-5-17(21)6-4-14)12-25(13)20(26)19-10-22-9-18(19)16-8-23-24(2)11-16;/h3-6,8,11,13,15,18-19,22H,7,9-10,12H2,1-2H3;1H/t13?,15?,18-,19+;/m1./s1. The number of nitrogens with zero attached hydrogens (tertiary/aromatic N) is 3. The van der Waals surface area contributed by atoms with Crippen LogP contribution in [0.5, 0.6) is 0 Å². The summed E-state index contributed by atoms with van der Waals surface area (Å²) in [5.74, 6) is 0.410. The van der Waals surface area contributed by atoms with Crippen molar-refractivity contribution in [2.45, 2.75) is 31.2 Å². The van der Waals surface area contributed by atoms with Crippen LogP contribution in [0, 0.1) is 11.7 Å². The second-order valence-corrected chi connectivity index (χ2v) is 7.64. The molecule has 146 valence electrons. The third-order valence-corrected chi connectivity index (χ3v) is 5.88. The second kappa shape index (κ2) is 7.98. The molecule has 1 aromatic carbocycles. The number of hydrogen-bond acceptors (Lipinski definition) is 3. The average Bonchev–Trinajstić information content (AvgIpc) is 3.34. The molecule has 4 rings (SSSR count). The molecule has 2 saturated heterocycles. The fraction of sp³-hybridized carbons (Fsp3) is 0.500. The number of likely N-dealkylation sites (tertiary alicyclic amines) is 1. The van der Waals surface area contributed by atoms with E-state index in [-0.39, 0.29) is 47.9 Å². The van der Waals surface area contributed by atoms with Crippen LogP contribution >= 0.6 is 12.4 Å². The molecule has 0 spiro atoms. The first-order valence-electron chi connectivity index (χ1n) is 9.28. The lowest BCUT2D eigenvalue weighted by molar-refractivity contribution is -0.135. The van der Waals surface area contributed by atoms with E-state index in [4.69, 9.17) is 0 Å². The molecule has 2 fully saturated rings. The van der Waals surface area contributed by atoms with Crippen molar-refractivity contribution in [1.82, 2.24) is 20.0 Å². The summed E-state index contributed by atoms with van der Waals surface area (Å²) in [6.45, 7) is 4.35. The van der Waals surface area contributed by atoms with Gasteiger partial charge in [0.1, 0.15) is 5.82 Å². The summed E-state index contributed by atoms with van der Waals surface area (Å²) in [5, 5.41) is 7.63. The predicted octanol–water partition coefficient (Wildman–Crippen LogP) is 2.69. The summed E-state index contributed by atoms with van der Waals surface area (Å²) >= 11 is 0. The zero-order chi connectivity index (χ0) is 18.3. The molecule has 0 saturated carbocycles. The highest BCUT2D eigenvalue weighted by Gasteiger charge is 2.41. The van der Waals surface area contributed by atoms with Crippen LogP contribution in [0.15, 0.2) is 36.7 Å². The summed E-state index contributed by atoms with van der Waals surface area (Å²) in [7, 11) is 1.90. The maximum absolute atomic E-state index is 13.3. The van der Waals surface area contributed by atoms with Gasteiger partial charge in [-0.05, 0) is 36.6 Å². The number of hydrogen-bond donors (Lipinski definition) is 1. The third-order valence-electron chi connectivity index (χ3n) is 5.88. The lowest BCUT2D eigenvalue weighted by Crippen LogP contribution is -2.40. The number of benzene rings is 1. The van der Waals surface area contributed by atoms with E-state index >= 15 is 0 Å². The van der Waals surface area contributed by atoms with Gasteiger partial charge >= 0.3 is 0 Å². The van der Waals surface area contributed by atoms with E-state index in [0.717, 1.165) is 24.1 Å². The molecule has 2 aliphatic rings. The molecule has 1 amide bonds. The molecular weight excluding hydrogens is 367 g/mol. The van der Waals surface area contributed by atoms with E-state index in [1.165, 1.54) is 12.1 Å². The van der Waals surface area contributed by atoms with Crippen LogP contribution in [0.3, 0.4) is 0 Å². The van der Waals surface area contributed by atoms with Crippen molar-refractivity contribution in [3.63, 3.8) is 0 Å². The van der Waals surface area contributed by atoms with Crippen molar-refractivity contribution >= 4 is 18.3 Å². The topological polar surface area (TPSA) is 50.2 Å². The Morgan fingerprint density at radius 2 is 1.96 bits per heavy atom. The highest BCUT2D eigenvalue weighted by Crippen LogP contribution is 2.36. The minimum Gasteiger partial charge on any atom is -0.339 e. The third kappa shape index (κ3) is 3.87. The Balaban J connectivity index is 0.00000210. The maximum atomic E-state index is 13.3. The SMILES string of the molecule is CC1CC(c2ccc(F)cc2)CN1C(=O)[C@H]1CNC[C@@H]1c1cnn(C)c1.Cl. The lowest BCUT2D eigenvalue weighted by atomic mass is 9.89. The first kappa shape index (κ1) is 19.8. The maximum Gasteiger partial charge on any atom is 0.227 e. The number of nitrogens with one attached hydrogen (secondary N) is 1. The van der Waals surface area contributed by atoms with Gasteiger partial charge in [0, 0.05) is 50.8 Å². The first-order chi connectivity index (χ1) is 12.5. The van der Waals surface area contributed by atoms with Crippen molar-refractivity contribution in [3.8, 4) is 0 Å². The Labute approximate surface area is 165 Å². The van der Waals surface area contributed by atoms with E-state index in [1.807, 2.05) is 36.5 Å². The van der Waals surface area contributed by atoms with Crippen LogP contribution in [0.25, 0.3) is 0 Å². The largest absolute Gasteiger partial charge is 0.339 e. The van der Waals surface area contributed by atoms with Gasteiger partial charge in [0.2, 0.25) is 5.91 Å². The minimum absolute atomic E-state index is 0. The molecule has 1 aromatic heterocycles. The fourth-order valence-corrected chi connectivity index (χ4v) is 4.45. The van der Waals surface area contributed by atoms with Crippen LogP contribution in [-0.2, 0) is 11.8 Å². The number of aryl methyl sites for hydroxylation is 1. The molecule has 2 aliphatic heterocycles. The van der Waals surface area contributed by atoms with E-state index in [0.29, 0.717) is 13.1 Å². The normalized spacial score (nSPS) is 27.6. The summed E-state index contributed by atoms with van der Waals surface area (Å²) in [5.41, 5.74) is 2.24. The Bertz CT molecular complexity index is 794. The van der Waals surface area contributed by atoms with Gasteiger partial charge in [-0.2, -0.15) is 5.10 Å². The molecule has 7 heteroatoms. The predicted molar refractivity (Wildman–Crippen MR) is 104 cm³/mol. The van der Waals surface area contributed by atoms with Crippen LogP contribution in [0.2, 0.25) is 0 Å². The zero-order valence-corrected chi connectivity index (χ0v) is 16.5. The van der Waals surface area contributed by atoms with E-state index < -0.39 is 0 Å². The summed E-state index contributed by atoms with van der Waals surface area (Å²) in [6.07, 6.45) is 4.80. The molecule has 0 bridgehead atoms. The Morgan fingerprint density at radius 3 is 2.63 bits per heavy atom. The quantitative estimate of drug-likeness (QED) is 0.873. The van der Waals surface area contributed by atoms with Crippen LogP contribution in [-0.4, -0.2) is 46.3 Å². The van der Waals surface area contributed by atoms with E-state index in [9.17, 15) is 9.18 Å². The van der Waals surface area contributed by atoms with Gasteiger partial charge in [-0.3, -0.25) is 9.48 Å². The average molecular weight is 393 g/mol. The van der Waals surface area contributed by atoms with Gasteiger partial charge in [-0.15, -0.1) is 12.4 Å². The summed E-state index contributed by atoms with van der Waals surface area (Å²) in [6, 6.07) is 6.90. The van der Waals surface area contributed by atoms with Gasteiger partial charge in [0.15, 0.2) is 0 Å². The van der Waals surface area contributed by atoms with Gasteiger partial charge in [-0.1, -0.05) is 12.1 Å². The molecule has 3 heterocycles. The van der Waals surface area contributed by atoms with Crippen molar-refractivity contribution in [3.05, 3.63) is 53.6 Å². The summed E-state index contributed by atoms with van der Waals surface area (Å²) in [4.78, 5) is 15.3. The van der Waals surface area contributed by atoms with Gasteiger partial charge in [0.25, 0.3) is 0 Å². The highest BCUT2D eigenvalue weighted by atomic mass is 35.5. The van der Waals surface area contributed by atoms with Crippen molar-refractivity contribution < 1.29 is 9.18 Å². The van der Waals surface area contributed by atoms with Crippen LogP contribution in [0.1, 0.15) is 36.3 Å². The van der Waals surface area contributed by atoms with E-state index in [2.05, 4.69) is 17.3 Å². The van der Waals surface area contributed by atoms with Crippen LogP contribution < -0.4 is 5.32 Å². The molecule has 1 N–H and O–H groups in total. The van der Waals surface area contributed by atoms with Crippen molar-refractivity contribution in [1.29, 1.82) is 0 Å². The smallest absolute Gasteiger partial charge is 0.227 e. The Kier molecular flexibility index (Phi) is 5.86. The fourth-order valence-electron chi connectivity index (χ4n) is 4.45. The number of halogens is 2. The molecule has 27 heavy (non-hydrogen) atoms. The Morgan fingerprint density at radius 1 is 1.22 bits per heavy atom. The molecule has 0 aliphatic carbocycles. The first-order valence-corrected chi connectivity index (χ1v) is 9.28. The van der Waals surface area contributed by atoms with Crippen molar-refractivity contribution in [2.24, 2.45) is 13.0 Å². The molecular formula is C20H26ClFN4O. The summed E-state index contributed by atoms with van der Waals surface area (Å²) < 4.78 is 15.0. The molecule has 4 atom stereocenters. The number of carbonyl (C=O) groups is 1. The monoisotopic (exact) mass is 392 g/mol. The molecule has 2 aromatic rings. The van der Waals surface area contributed by atoms with Crippen molar-refractivity contribution in [2.75, 3.05) is 19.6 Å². The Hall–Kier alpha value is -1.92. The minimum atomic E-state index is -0.218. The number of aromatic nitrogens is 2. The molecule has 5 nitrogen and oxygen atoms in total. The highest BCUT2D eigenvalue weighted by molar-refractivity contribution is 5.85. The number of amides is 1. The second-order valence-electron chi connectivity index (χ2n) is 7.64. The number of carbonyl (C=O) groups excluding carboxylic acids is 1. The zero-order valence-electron chi connectivity index (χ0n) is 15.6. The van der Waals surface area contributed by atoms with Gasteiger partial charge in [-0.25, -0.2) is 4.39 Å². The lowest BCUT2D eigenvalue weighted by Gasteiger charge is -2.27. The molecule has 2 unspecified atom stereocenters. The van der Waals surface area contributed by atoms with Gasteiger partial charge in [0.05, 0.1) is 12.1 Å². The van der Waals surface area contributed by atoms with Gasteiger partial charge < -0.3 is 10.2 Å². The van der Waals surface area contributed by atoms with Crippen LogP contribution in [0.4, 0.5) is 4.39 Å². The molecule has 0 radical (unpaired) electrons. The number of rotatable bonds is 3.